The summed E-state index contributed by atoms with van der Waals surface area (Å²) in [5.74, 6) is 1.00. The Morgan fingerprint density at radius 2 is 1.94 bits per heavy atom. The SMILES string of the molecule is Cc1nc(N)c(CNc2ccccc2)c(Cl)n1. The van der Waals surface area contributed by atoms with Crippen LogP contribution in [0, 0.1) is 6.92 Å². The van der Waals surface area contributed by atoms with E-state index in [4.69, 9.17) is 17.3 Å². The first-order valence-corrected chi connectivity index (χ1v) is 5.62. The third kappa shape index (κ3) is 2.85. The first-order chi connectivity index (χ1) is 8.16. The molecule has 5 heteroatoms. The molecule has 0 atom stereocenters. The molecule has 4 nitrogen and oxygen atoms in total. The number of aryl methyl sites for hydroxylation is 1. The largest absolute Gasteiger partial charge is 0.383 e. The van der Waals surface area contributed by atoms with Crippen molar-refractivity contribution >= 4 is 23.1 Å². The number of nitrogens with zero attached hydrogens (tertiary/aromatic N) is 2. The van der Waals surface area contributed by atoms with Gasteiger partial charge in [0.1, 0.15) is 16.8 Å². The number of aromatic nitrogens is 2. The molecule has 0 saturated heterocycles. The van der Waals surface area contributed by atoms with Crippen LogP contribution in [-0.2, 0) is 6.54 Å². The highest BCUT2D eigenvalue weighted by Gasteiger charge is 2.08. The number of nitrogens with one attached hydrogen (secondary N) is 1. The zero-order valence-corrected chi connectivity index (χ0v) is 10.2. The molecule has 2 rings (SSSR count). The van der Waals surface area contributed by atoms with E-state index in [-0.39, 0.29) is 0 Å². The number of nitrogens with two attached hydrogens (primary N) is 1. The van der Waals surface area contributed by atoms with Crippen molar-refractivity contribution in [3.05, 3.63) is 46.9 Å². The molecular weight excluding hydrogens is 236 g/mol. The molecule has 88 valence electrons. The molecule has 0 bridgehead atoms. The Balaban J connectivity index is 2.15. The van der Waals surface area contributed by atoms with Gasteiger partial charge >= 0.3 is 0 Å². The monoisotopic (exact) mass is 248 g/mol. The van der Waals surface area contributed by atoms with Gasteiger partial charge in [0.05, 0.1) is 5.56 Å². The van der Waals surface area contributed by atoms with Gasteiger partial charge in [-0.25, -0.2) is 9.97 Å². The Labute approximate surface area is 105 Å². The molecule has 2 aromatic rings. The standard InChI is InChI=1S/C12H13ClN4/c1-8-16-11(13)10(12(14)17-8)7-15-9-5-3-2-4-6-9/h2-6,15H,7H2,1H3,(H2,14,16,17). The van der Waals surface area contributed by atoms with E-state index < -0.39 is 0 Å². The van der Waals surface area contributed by atoms with Crippen LogP contribution in [0.4, 0.5) is 11.5 Å². The highest BCUT2D eigenvalue weighted by atomic mass is 35.5. The second-order valence-corrected chi connectivity index (χ2v) is 4.00. The van der Waals surface area contributed by atoms with E-state index in [1.54, 1.807) is 6.92 Å². The van der Waals surface area contributed by atoms with E-state index in [2.05, 4.69) is 15.3 Å². The van der Waals surface area contributed by atoms with Crippen molar-refractivity contribution in [3.63, 3.8) is 0 Å². The van der Waals surface area contributed by atoms with E-state index in [0.717, 1.165) is 11.3 Å². The Morgan fingerprint density at radius 3 is 2.59 bits per heavy atom. The van der Waals surface area contributed by atoms with Crippen molar-refractivity contribution < 1.29 is 0 Å². The summed E-state index contributed by atoms with van der Waals surface area (Å²) in [5, 5.41) is 3.62. The molecule has 0 fully saturated rings. The van der Waals surface area contributed by atoms with Crippen molar-refractivity contribution in [2.75, 3.05) is 11.1 Å². The molecule has 1 aromatic carbocycles. The van der Waals surface area contributed by atoms with Crippen LogP contribution in [-0.4, -0.2) is 9.97 Å². The molecule has 0 aliphatic heterocycles. The van der Waals surface area contributed by atoms with Gasteiger partial charge in [0.2, 0.25) is 0 Å². The Hall–Kier alpha value is -1.81. The lowest BCUT2D eigenvalue weighted by molar-refractivity contribution is 1.00. The summed E-state index contributed by atoms with van der Waals surface area (Å²) in [6, 6.07) is 9.82. The summed E-state index contributed by atoms with van der Waals surface area (Å²) >= 11 is 6.03. The zero-order valence-electron chi connectivity index (χ0n) is 9.44. The van der Waals surface area contributed by atoms with Crippen LogP contribution < -0.4 is 11.1 Å². The third-order valence-corrected chi connectivity index (χ3v) is 2.66. The van der Waals surface area contributed by atoms with Gasteiger partial charge in [0, 0.05) is 12.2 Å². The Bertz CT molecular complexity index is 490. The number of nitrogen functional groups attached to an aromatic ring is 1. The van der Waals surface area contributed by atoms with Gasteiger partial charge in [-0.2, -0.15) is 0 Å². The second-order valence-electron chi connectivity index (χ2n) is 3.65. The summed E-state index contributed by atoms with van der Waals surface area (Å²) in [5.41, 5.74) is 7.54. The van der Waals surface area contributed by atoms with E-state index >= 15 is 0 Å². The Kier molecular flexibility index (Phi) is 3.44. The number of rotatable bonds is 3. The van der Waals surface area contributed by atoms with Crippen LogP contribution >= 0.6 is 11.6 Å². The molecule has 0 spiro atoms. The maximum Gasteiger partial charge on any atom is 0.139 e. The lowest BCUT2D eigenvalue weighted by atomic mass is 10.2. The maximum atomic E-state index is 6.03. The molecular formula is C12H13ClN4. The van der Waals surface area contributed by atoms with Gasteiger partial charge in [-0.3, -0.25) is 0 Å². The predicted octanol–water partition coefficient (Wildman–Crippen LogP) is 2.63. The van der Waals surface area contributed by atoms with Gasteiger partial charge < -0.3 is 11.1 Å². The molecule has 1 heterocycles. The predicted molar refractivity (Wildman–Crippen MR) is 70.0 cm³/mol. The number of anilines is 2. The van der Waals surface area contributed by atoms with Gasteiger partial charge in [-0.05, 0) is 19.1 Å². The number of halogens is 1. The first-order valence-electron chi connectivity index (χ1n) is 5.24. The van der Waals surface area contributed by atoms with Crippen LogP contribution in [0.15, 0.2) is 30.3 Å². The zero-order chi connectivity index (χ0) is 12.3. The van der Waals surface area contributed by atoms with Crippen molar-refractivity contribution in [1.29, 1.82) is 0 Å². The topological polar surface area (TPSA) is 63.8 Å². The number of hydrogen-bond donors (Lipinski definition) is 2. The summed E-state index contributed by atoms with van der Waals surface area (Å²) in [6.45, 7) is 2.27. The van der Waals surface area contributed by atoms with Crippen molar-refractivity contribution in [3.8, 4) is 0 Å². The van der Waals surface area contributed by atoms with Crippen LogP contribution in [0.25, 0.3) is 0 Å². The fourth-order valence-corrected chi connectivity index (χ4v) is 1.78. The minimum absolute atomic E-state index is 0.401. The number of para-hydroxylation sites is 1. The van der Waals surface area contributed by atoms with Crippen LogP contribution in [0.5, 0.6) is 0 Å². The van der Waals surface area contributed by atoms with Gasteiger partial charge in [-0.15, -0.1) is 0 Å². The quantitative estimate of drug-likeness (QED) is 0.820. The highest BCUT2D eigenvalue weighted by molar-refractivity contribution is 6.30. The highest BCUT2D eigenvalue weighted by Crippen LogP contribution is 2.20. The molecule has 0 unspecified atom stereocenters. The van der Waals surface area contributed by atoms with Gasteiger partial charge in [-0.1, -0.05) is 29.8 Å². The molecule has 0 aliphatic carbocycles. The minimum Gasteiger partial charge on any atom is -0.383 e. The summed E-state index contributed by atoms with van der Waals surface area (Å²) in [4.78, 5) is 8.17. The van der Waals surface area contributed by atoms with Gasteiger partial charge in [0.15, 0.2) is 0 Å². The average molecular weight is 249 g/mol. The normalized spacial score (nSPS) is 10.2. The van der Waals surface area contributed by atoms with Gasteiger partial charge in [0.25, 0.3) is 0 Å². The fourth-order valence-electron chi connectivity index (χ4n) is 1.49. The van der Waals surface area contributed by atoms with E-state index in [0.29, 0.717) is 23.3 Å². The maximum absolute atomic E-state index is 6.03. The van der Waals surface area contributed by atoms with Crippen molar-refractivity contribution in [2.45, 2.75) is 13.5 Å². The van der Waals surface area contributed by atoms with Crippen LogP contribution in [0.3, 0.4) is 0 Å². The fraction of sp³-hybridized carbons (Fsp3) is 0.167. The van der Waals surface area contributed by atoms with E-state index in [1.807, 2.05) is 30.3 Å². The van der Waals surface area contributed by atoms with Crippen LogP contribution in [0.1, 0.15) is 11.4 Å². The molecule has 0 amide bonds. The lowest BCUT2D eigenvalue weighted by Gasteiger charge is -2.09. The smallest absolute Gasteiger partial charge is 0.139 e. The van der Waals surface area contributed by atoms with Crippen molar-refractivity contribution in [2.24, 2.45) is 0 Å². The number of benzene rings is 1. The van der Waals surface area contributed by atoms with E-state index in [9.17, 15) is 0 Å². The average Bonchev–Trinajstić information content (AvgIpc) is 2.29. The molecule has 3 N–H and O–H groups in total. The minimum atomic E-state index is 0.401. The van der Waals surface area contributed by atoms with Crippen molar-refractivity contribution in [1.82, 2.24) is 9.97 Å². The third-order valence-electron chi connectivity index (χ3n) is 2.34. The van der Waals surface area contributed by atoms with E-state index in [1.165, 1.54) is 0 Å². The summed E-state index contributed by atoms with van der Waals surface area (Å²) in [6.07, 6.45) is 0. The first kappa shape index (κ1) is 11.7. The molecule has 0 aliphatic rings. The molecule has 17 heavy (non-hydrogen) atoms. The molecule has 1 aromatic heterocycles. The second kappa shape index (κ2) is 5.01. The molecule has 0 saturated carbocycles. The number of hydrogen-bond acceptors (Lipinski definition) is 4. The Morgan fingerprint density at radius 1 is 1.24 bits per heavy atom. The molecule has 0 radical (unpaired) electrons. The summed E-state index contributed by atoms with van der Waals surface area (Å²) in [7, 11) is 0. The summed E-state index contributed by atoms with van der Waals surface area (Å²) < 4.78 is 0. The van der Waals surface area contributed by atoms with Crippen LogP contribution in [0.2, 0.25) is 5.15 Å². The lowest BCUT2D eigenvalue weighted by Crippen LogP contribution is -2.07.